The highest BCUT2D eigenvalue weighted by Gasteiger charge is 2.27. The maximum Gasteiger partial charge on any atom is 0.269 e. The summed E-state index contributed by atoms with van der Waals surface area (Å²) in [6.45, 7) is 3.76. The second-order valence-corrected chi connectivity index (χ2v) is 9.49. The van der Waals surface area contributed by atoms with Crippen molar-refractivity contribution in [2.45, 2.75) is 25.3 Å². The van der Waals surface area contributed by atoms with Crippen molar-refractivity contribution < 1.29 is 22.2 Å². The van der Waals surface area contributed by atoms with E-state index in [2.05, 4.69) is 19.4 Å². The fourth-order valence-electron chi connectivity index (χ4n) is 2.62. The Kier molecular flexibility index (Phi) is 5.78. The van der Waals surface area contributed by atoms with Crippen LogP contribution >= 0.6 is 0 Å². The lowest BCUT2D eigenvalue weighted by Crippen LogP contribution is -2.33. The van der Waals surface area contributed by atoms with Gasteiger partial charge in [0.05, 0.1) is 18.5 Å². The van der Waals surface area contributed by atoms with Gasteiger partial charge in [-0.25, -0.2) is 16.9 Å². The molecule has 29 heavy (non-hydrogen) atoms. The highest BCUT2D eigenvalue weighted by atomic mass is 32.2. The molecular formula is C17H21N5O5S2. The second-order valence-electron chi connectivity index (χ2n) is 6.57. The fourth-order valence-corrected chi connectivity index (χ4v) is 4.45. The minimum Gasteiger partial charge on any atom is -0.504 e. The number of hydrogen-bond acceptors (Lipinski definition) is 7. The maximum absolute atomic E-state index is 12.6. The molecule has 0 radical (unpaired) electrons. The van der Waals surface area contributed by atoms with Crippen LogP contribution < -0.4 is 10.6 Å². The molecule has 10 nitrogen and oxygen atoms in total. The number of sulfonamides is 1. The van der Waals surface area contributed by atoms with Gasteiger partial charge in [-0.1, -0.05) is 6.07 Å². The molecule has 0 bridgehead atoms. The third kappa shape index (κ3) is 4.33. The monoisotopic (exact) mass is 439 g/mol. The number of aromatic hydroxyl groups is 1. The SMILES string of the molecule is Cc1coc(CNC2=NS(=O)N=C2Nc2ccc(C)c(S(=O)(=O)N(C)C)c2O)c1. The Labute approximate surface area is 171 Å². The number of hydrogen-bond donors (Lipinski definition) is 3. The van der Waals surface area contributed by atoms with Gasteiger partial charge < -0.3 is 20.2 Å². The largest absolute Gasteiger partial charge is 0.504 e. The number of rotatable bonds is 5. The normalized spacial score (nSPS) is 16.7. The highest BCUT2D eigenvalue weighted by Crippen LogP contribution is 2.35. The van der Waals surface area contributed by atoms with Crippen molar-refractivity contribution in [3.63, 3.8) is 0 Å². The van der Waals surface area contributed by atoms with Gasteiger partial charge in [-0.3, -0.25) is 0 Å². The lowest BCUT2D eigenvalue weighted by atomic mass is 10.2. The molecule has 156 valence electrons. The fraction of sp³-hybridized carbons (Fsp3) is 0.294. The Morgan fingerprint density at radius 3 is 2.52 bits per heavy atom. The molecule has 0 amide bonds. The van der Waals surface area contributed by atoms with Crippen LogP contribution in [0.15, 0.2) is 42.6 Å². The maximum atomic E-state index is 12.6. The van der Waals surface area contributed by atoms with Gasteiger partial charge in [-0.2, -0.15) is 0 Å². The van der Waals surface area contributed by atoms with Crippen LogP contribution in [0.1, 0.15) is 16.9 Å². The Morgan fingerprint density at radius 1 is 1.21 bits per heavy atom. The lowest BCUT2D eigenvalue weighted by molar-refractivity contribution is 0.453. The second kappa shape index (κ2) is 7.97. The van der Waals surface area contributed by atoms with E-state index in [1.54, 1.807) is 19.3 Å². The van der Waals surface area contributed by atoms with Crippen LogP contribution in [0.4, 0.5) is 5.69 Å². The zero-order chi connectivity index (χ0) is 21.3. The minimum absolute atomic E-state index is 0.0945. The third-order valence-corrected chi connectivity index (χ3v) is 6.77. The van der Waals surface area contributed by atoms with Crippen molar-refractivity contribution in [2.75, 3.05) is 19.4 Å². The quantitative estimate of drug-likeness (QED) is 0.600. The van der Waals surface area contributed by atoms with Crippen LogP contribution in [0.2, 0.25) is 0 Å². The molecule has 1 aromatic heterocycles. The summed E-state index contributed by atoms with van der Waals surface area (Å²) in [5, 5.41) is 16.4. The zero-order valence-corrected chi connectivity index (χ0v) is 17.9. The average molecular weight is 440 g/mol. The number of benzene rings is 1. The van der Waals surface area contributed by atoms with Gasteiger partial charge in [0.15, 0.2) is 17.4 Å². The number of amidine groups is 2. The first-order valence-corrected chi connectivity index (χ1v) is 11.0. The molecule has 3 N–H and O–H groups in total. The first-order valence-electron chi connectivity index (χ1n) is 8.49. The summed E-state index contributed by atoms with van der Waals surface area (Å²) < 4.78 is 51.0. The number of furan rings is 1. The van der Waals surface area contributed by atoms with Crippen molar-refractivity contribution in [2.24, 2.45) is 8.80 Å². The Morgan fingerprint density at radius 2 is 1.90 bits per heavy atom. The standard InChI is InChI=1S/C17H21N5O5S2/c1-10-7-12(27-9-10)8-18-16-17(21-28(24)20-16)19-13-6-5-11(2)15(14(13)23)29(25,26)22(3)4/h5-7,9,23H,8H2,1-4H3,(H,18,20)(H,19,21). The molecule has 0 fully saturated rings. The van der Waals surface area contributed by atoms with E-state index in [-0.39, 0.29) is 28.8 Å². The number of nitrogens with zero attached hydrogens (tertiary/aromatic N) is 3. The van der Waals surface area contributed by atoms with E-state index in [1.165, 1.54) is 20.2 Å². The molecule has 1 atom stereocenters. The van der Waals surface area contributed by atoms with Gasteiger partial charge in [-0.05, 0) is 37.1 Å². The molecule has 1 aliphatic rings. The van der Waals surface area contributed by atoms with E-state index in [9.17, 15) is 17.7 Å². The molecule has 2 heterocycles. The van der Waals surface area contributed by atoms with Gasteiger partial charge >= 0.3 is 0 Å². The van der Waals surface area contributed by atoms with Crippen LogP contribution in [-0.2, 0) is 27.7 Å². The van der Waals surface area contributed by atoms with Crippen LogP contribution in [0.5, 0.6) is 5.75 Å². The summed E-state index contributed by atoms with van der Waals surface area (Å²) in [4.78, 5) is -0.218. The Hall–Kier alpha value is -2.70. The molecule has 1 aromatic carbocycles. The van der Waals surface area contributed by atoms with E-state index in [1.807, 2.05) is 13.0 Å². The van der Waals surface area contributed by atoms with Crippen LogP contribution in [0.3, 0.4) is 0 Å². The van der Waals surface area contributed by atoms with Gasteiger partial charge in [0.25, 0.3) is 11.2 Å². The van der Waals surface area contributed by atoms with E-state index >= 15 is 0 Å². The molecule has 12 heteroatoms. The summed E-state index contributed by atoms with van der Waals surface area (Å²) in [6.07, 6.45) is 1.61. The summed E-state index contributed by atoms with van der Waals surface area (Å²) >= 11 is -1.84. The van der Waals surface area contributed by atoms with E-state index in [0.717, 1.165) is 9.87 Å². The summed E-state index contributed by atoms with van der Waals surface area (Å²) in [7, 11) is -1.12. The summed E-state index contributed by atoms with van der Waals surface area (Å²) in [5.74, 6) is 0.508. The van der Waals surface area contributed by atoms with Crippen LogP contribution in [-0.4, -0.2) is 47.8 Å². The number of anilines is 1. The molecule has 0 spiro atoms. The topological polar surface area (TPSA) is 137 Å². The highest BCUT2D eigenvalue weighted by molar-refractivity contribution is 7.89. The Bertz CT molecular complexity index is 1140. The molecule has 0 saturated heterocycles. The molecule has 0 saturated carbocycles. The van der Waals surface area contributed by atoms with Gasteiger partial charge in [0, 0.05) is 14.1 Å². The number of aryl methyl sites for hydroxylation is 2. The van der Waals surface area contributed by atoms with Crippen molar-refractivity contribution >= 4 is 38.6 Å². The lowest BCUT2D eigenvalue weighted by Gasteiger charge is -2.18. The molecule has 1 aliphatic heterocycles. The molecular weight excluding hydrogens is 418 g/mol. The van der Waals surface area contributed by atoms with Crippen LogP contribution in [0, 0.1) is 13.8 Å². The van der Waals surface area contributed by atoms with Gasteiger partial charge in [0.2, 0.25) is 10.0 Å². The van der Waals surface area contributed by atoms with Crippen molar-refractivity contribution in [3.05, 3.63) is 41.3 Å². The molecule has 0 aliphatic carbocycles. The number of nitrogens with one attached hydrogen (secondary N) is 2. The van der Waals surface area contributed by atoms with Gasteiger partial charge in [0.1, 0.15) is 10.7 Å². The predicted octanol–water partition coefficient (Wildman–Crippen LogP) is 1.44. The molecule has 2 aromatic rings. The Balaban J connectivity index is 1.86. The number of phenolic OH excluding ortho intramolecular Hbond substituents is 1. The van der Waals surface area contributed by atoms with E-state index in [0.29, 0.717) is 11.3 Å². The van der Waals surface area contributed by atoms with E-state index < -0.39 is 26.9 Å². The van der Waals surface area contributed by atoms with Crippen molar-refractivity contribution in [1.29, 1.82) is 0 Å². The number of phenols is 1. The summed E-state index contributed by atoms with van der Waals surface area (Å²) in [6, 6.07) is 4.91. The zero-order valence-electron chi connectivity index (χ0n) is 16.3. The molecule has 3 rings (SSSR count). The first-order chi connectivity index (χ1) is 13.6. The molecule has 1 unspecified atom stereocenters. The average Bonchev–Trinajstić information content (AvgIpc) is 3.20. The van der Waals surface area contributed by atoms with Crippen molar-refractivity contribution in [1.82, 2.24) is 9.62 Å². The predicted molar refractivity (Wildman–Crippen MR) is 111 cm³/mol. The van der Waals surface area contributed by atoms with Crippen molar-refractivity contribution in [3.8, 4) is 5.75 Å². The van der Waals surface area contributed by atoms with E-state index in [4.69, 9.17) is 4.42 Å². The smallest absolute Gasteiger partial charge is 0.269 e. The van der Waals surface area contributed by atoms with Gasteiger partial charge in [-0.15, -0.1) is 8.80 Å². The summed E-state index contributed by atoms with van der Waals surface area (Å²) in [5.41, 5.74) is 1.45. The van der Waals surface area contributed by atoms with Crippen LogP contribution in [0.25, 0.3) is 0 Å². The minimum atomic E-state index is -3.88. The third-order valence-electron chi connectivity index (χ3n) is 4.10. The first kappa shape index (κ1) is 21.0.